The highest BCUT2D eigenvalue weighted by molar-refractivity contribution is 6.98. The van der Waals surface area contributed by atoms with Crippen LogP contribution in [0.1, 0.15) is 11.1 Å². The van der Waals surface area contributed by atoms with Crippen molar-refractivity contribution in [1.82, 2.24) is 0 Å². The van der Waals surface area contributed by atoms with Gasteiger partial charge in [0.05, 0.1) is 13.1 Å². The fourth-order valence-corrected chi connectivity index (χ4v) is 6.41. The average molecular weight is 560 g/mol. The van der Waals surface area contributed by atoms with Crippen molar-refractivity contribution < 1.29 is 18.9 Å². The molecular formula is C36H25BN2O4. The van der Waals surface area contributed by atoms with E-state index in [0.717, 1.165) is 97.7 Å². The Kier molecular flexibility index (Phi) is 5.45. The lowest BCUT2D eigenvalue weighted by atomic mass is 9.35. The summed E-state index contributed by atoms with van der Waals surface area (Å²) in [6.45, 7) is 2.76. The van der Waals surface area contributed by atoms with Crippen LogP contribution in [0.2, 0.25) is 0 Å². The zero-order valence-electron chi connectivity index (χ0n) is 23.2. The Hall–Kier alpha value is -5.30. The van der Waals surface area contributed by atoms with Crippen LogP contribution in [0.3, 0.4) is 0 Å². The third-order valence-corrected chi connectivity index (χ3v) is 8.51. The Morgan fingerprint density at radius 2 is 0.907 bits per heavy atom. The number of hydrogen-bond acceptors (Lipinski definition) is 6. The van der Waals surface area contributed by atoms with Gasteiger partial charge in [-0.3, -0.25) is 0 Å². The number of aliphatic imine (C=N–C) groups is 2. The smallest absolute Gasteiger partial charge is 0.260 e. The highest BCUT2D eigenvalue weighted by Crippen LogP contribution is 2.37. The predicted molar refractivity (Wildman–Crippen MR) is 170 cm³/mol. The summed E-state index contributed by atoms with van der Waals surface area (Å²) in [6, 6.07) is 35.8. The van der Waals surface area contributed by atoms with Gasteiger partial charge in [-0.05, 0) is 81.7 Å². The Morgan fingerprint density at radius 1 is 0.465 bits per heavy atom. The van der Waals surface area contributed by atoms with E-state index in [-0.39, 0.29) is 6.71 Å². The molecule has 0 aromatic heterocycles. The van der Waals surface area contributed by atoms with Gasteiger partial charge in [0.2, 0.25) is 11.8 Å². The monoisotopic (exact) mass is 560 g/mol. The van der Waals surface area contributed by atoms with Crippen molar-refractivity contribution >= 4 is 34.9 Å². The van der Waals surface area contributed by atoms with Gasteiger partial charge in [-0.1, -0.05) is 54.6 Å². The molecule has 0 unspecified atom stereocenters. The summed E-state index contributed by atoms with van der Waals surface area (Å²) in [4.78, 5) is 8.86. The molecule has 0 bridgehead atoms. The molecular weight excluding hydrogens is 535 g/mol. The Bertz CT molecular complexity index is 1840. The minimum Gasteiger partial charge on any atom is -0.476 e. The maximum atomic E-state index is 6.51. The van der Waals surface area contributed by atoms with Crippen LogP contribution in [-0.4, -0.2) is 44.8 Å². The fourth-order valence-electron chi connectivity index (χ4n) is 6.41. The van der Waals surface area contributed by atoms with Gasteiger partial charge in [0, 0.05) is 16.6 Å². The highest BCUT2D eigenvalue weighted by Gasteiger charge is 2.40. The van der Waals surface area contributed by atoms with Crippen LogP contribution >= 0.6 is 0 Å². The second-order valence-electron chi connectivity index (χ2n) is 11.0. The van der Waals surface area contributed by atoms with Crippen molar-refractivity contribution in [1.29, 1.82) is 0 Å². The summed E-state index contributed by atoms with van der Waals surface area (Å²) < 4.78 is 24.3. The first-order valence-electron chi connectivity index (χ1n) is 14.6. The lowest BCUT2D eigenvalue weighted by molar-refractivity contribution is 0.348. The maximum absolute atomic E-state index is 6.51. The molecule has 4 aliphatic rings. The topological polar surface area (TPSA) is 61.6 Å². The van der Waals surface area contributed by atoms with Crippen LogP contribution in [0.15, 0.2) is 113 Å². The van der Waals surface area contributed by atoms with E-state index in [2.05, 4.69) is 94.9 Å². The zero-order chi connectivity index (χ0) is 28.3. The molecule has 6 nitrogen and oxygen atoms in total. The molecule has 9 rings (SSSR count). The summed E-state index contributed by atoms with van der Waals surface area (Å²) >= 11 is 0. The minimum absolute atomic E-state index is 0.0154. The van der Waals surface area contributed by atoms with Crippen molar-refractivity contribution in [3.63, 3.8) is 0 Å². The van der Waals surface area contributed by atoms with E-state index in [9.17, 15) is 0 Å². The van der Waals surface area contributed by atoms with Crippen LogP contribution in [0.5, 0.6) is 23.0 Å². The summed E-state index contributed by atoms with van der Waals surface area (Å²) in [7, 11) is 0. The van der Waals surface area contributed by atoms with Crippen LogP contribution in [0, 0.1) is 0 Å². The van der Waals surface area contributed by atoms with Gasteiger partial charge in [-0.25, -0.2) is 9.98 Å². The van der Waals surface area contributed by atoms with Crippen molar-refractivity contribution in [2.45, 2.75) is 0 Å². The number of hydrogen-bond donors (Lipinski definition) is 0. The van der Waals surface area contributed by atoms with E-state index in [4.69, 9.17) is 18.9 Å². The van der Waals surface area contributed by atoms with Gasteiger partial charge >= 0.3 is 0 Å². The second-order valence-corrected chi connectivity index (χ2v) is 11.0. The van der Waals surface area contributed by atoms with Gasteiger partial charge in [0.25, 0.3) is 6.71 Å². The first-order valence-corrected chi connectivity index (χ1v) is 14.6. The molecule has 0 atom stereocenters. The van der Waals surface area contributed by atoms with E-state index < -0.39 is 0 Å². The van der Waals surface area contributed by atoms with Crippen molar-refractivity contribution in [2.24, 2.45) is 9.98 Å². The van der Waals surface area contributed by atoms with Crippen LogP contribution in [0.25, 0.3) is 22.3 Å². The minimum atomic E-state index is 0.0154. The molecule has 4 aliphatic heterocycles. The standard InChI is InChI=1S/C36H25BN2O4/c1-2-30-34-31(3-1)43-33-21-27(23-6-10-25(11-7-23)36-39-17-19-41-36)13-15-29(33)37(34)28-14-12-26(20-32(28)42-30)22-4-8-24(9-5-22)35-38-16-18-40-35/h1-15,20-21H,16-19H2. The molecule has 0 fully saturated rings. The molecule has 206 valence electrons. The number of benzene rings is 5. The van der Waals surface area contributed by atoms with E-state index in [0.29, 0.717) is 13.2 Å². The average Bonchev–Trinajstić information content (AvgIpc) is 3.80. The summed E-state index contributed by atoms with van der Waals surface area (Å²) in [6.07, 6.45) is 0. The Balaban J connectivity index is 1.08. The third-order valence-electron chi connectivity index (χ3n) is 8.51. The van der Waals surface area contributed by atoms with E-state index in [1.807, 2.05) is 18.2 Å². The molecule has 4 heterocycles. The molecule has 7 heteroatoms. The third kappa shape index (κ3) is 4.03. The summed E-state index contributed by atoms with van der Waals surface area (Å²) in [5.41, 5.74) is 9.77. The quantitative estimate of drug-likeness (QED) is 0.274. The van der Waals surface area contributed by atoms with Crippen LogP contribution < -0.4 is 25.9 Å². The summed E-state index contributed by atoms with van der Waals surface area (Å²) in [5, 5.41) is 0. The van der Waals surface area contributed by atoms with Gasteiger partial charge in [0.15, 0.2) is 0 Å². The second kappa shape index (κ2) is 9.63. The molecule has 0 saturated heterocycles. The number of fused-ring (bicyclic) bond motifs is 4. The van der Waals surface area contributed by atoms with Crippen molar-refractivity contribution in [2.75, 3.05) is 26.3 Å². The molecule has 0 saturated carbocycles. The first-order chi connectivity index (χ1) is 21.3. The van der Waals surface area contributed by atoms with E-state index >= 15 is 0 Å². The molecule has 43 heavy (non-hydrogen) atoms. The predicted octanol–water partition coefficient (Wildman–Crippen LogP) is 5.30. The molecule has 0 spiro atoms. The molecule has 0 aliphatic carbocycles. The van der Waals surface area contributed by atoms with Gasteiger partial charge in [-0.15, -0.1) is 0 Å². The molecule has 5 aromatic rings. The van der Waals surface area contributed by atoms with Gasteiger partial charge in [0.1, 0.15) is 36.2 Å². The highest BCUT2D eigenvalue weighted by atomic mass is 16.5. The van der Waals surface area contributed by atoms with Crippen molar-refractivity contribution in [3.8, 4) is 45.3 Å². The Labute approximate surface area is 249 Å². The van der Waals surface area contributed by atoms with Crippen LogP contribution in [0.4, 0.5) is 0 Å². The normalized spacial score (nSPS) is 15.6. The molecule has 0 N–H and O–H groups in total. The maximum Gasteiger partial charge on any atom is 0.260 e. The fraction of sp³-hybridized carbons (Fsp3) is 0.111. The lowest BCUT2D eigenvalue weighted by Gasteiger charge is -2.33. The zero-order valence-corrected chi connectivity index (χ0v) is 23.2. The Morgan fingerprint density at radius 3 is 1.35 bits per heavy atom. The number of rotatable bonds is 4. The summed E-state index contributed by atoms with van der Waals surface area (Å²) in [5.74, 6) is 4.84. The van der Waals surface area contributed by atoms with Crippen molar-refractivity contribution in [3.05, 3.63) is 114 Å². The first kappa shape index (κ1) is 24.3. The van der Waals surface area contributed by atoms with Crippen LogP contribution in [-0.2, 0) is 9.47 Å². The number of ether oxygens (including phenoxy) is 4. The van der Waals surface area contributed by atoms with Gasteiger partial charge < -0.3 is 18.9 Å². The molecule has 5 aromatic carbocycles. The molecule has 0 amide bonds. The van der Waals surface area contributed by atoms with Gasteiger partial charge in [-0.2, -0.15) is 0 Å². The van der Waals surface area contributed by atoms with E-state index in [1.165, 1.54) is 0 Å². The SMILES string of the molecule is c1cc2c3c(c1)Oc1cc(-c4ccc(C5=NCCO5)cc4)ccc1B3c1ccc(-c3ccc(C4=NCCO4)cc3)cc1O2. The number of nitrogens with zero attached hydrogens (tertiary/aromatic N) is 2. The molecule has 0 radical (unpaired) electrons. The lowest BCUT2D eigenvalue weighted by Crippen LogP contribution is -2.57. The van der Waals surface area contributed by atoms with E-state index in [1.54, 1.807) is 0 Å². The largest absolute Gasteiger partial charge is 0.476 e.